The molecule has 21 heavy (non-hydrogen) atoms. The van der Waals surface area contributed by atoms with Crippen LogP contribution in [-0.4, -0.2) is 18.0 Å². The van der Waals surface area contributed by atoms with Crippen molar-refractivity contribution in [2.24, 2.45) is 0 Å². The minimum absolute atomic E-state index is 0.595. The molecule has 0 amide bonds. The molecule has 0 aliphatic heterocycles. The number of nitrogens with zero attached hydrogens (tertiary/aromatic N) is 1. The number of carbonyl (C=O) groups excluding carboxylic acids is 1. The summed E-state index contributed by atoms with van der Waals surface area (Å²) in [5.74, 6) is 0.782. The molecule has 0 aliphatic rings. The fourth-order valence-corrected chi connectivity index (χ4v) is 2.77. The van der Waals surface area contributed by atoms with Gasteiger partial charge in [-0.05, 0) is 30.3 Å². The SMILES string of the molecule is COc1ccc(Cl)cc1Cn1ccc2cccc(C=O)c21. The Morgan fingerprint density at radius 1 is 1.24 bits per heavy atom. The molecule has 0 atom stereocenters. The minimum Gasteiger partial charge on any atom is -0.496 e. The number of aldehydes is 1. The summed E-state index contributed by atoms with van der Waals surface area (Å²) in [6, 6.07) is 13.2. The Hall–Kier alpha value is -2.26. The number of hydrogen-bond acceptors (Lipinski definition) is 2. The molecule has 0 fully saturated rings. The molecule has 0 aliphatic carbocycles. The van der Waals surface area contributed by atoms with E-state index in [9.17, 15) is 4.79 Å². The highest BCUT2D eigenvalue weighted by molar-refractivity contribution is 6.30. The average molecular weight is 300 g/mol. The lowest BCUT2D eigenvalue weighted by atomic mass is 10.1. The molecule has 106 valence electrons. The Kier molecular flexibility index (Phi) is 3.67. The molecule has 0 unspecified atom stereocenters. The van der Waals surface area contributed by atoms with Crippen LogP contribution in [0.2, 0.25) is 5.02 Å². The summed E-state index contributed by atoms with van der Waals surface area (Å²) in [7, 11) is 1.64. The van der Waals surface area contributed by atoms with Crippen LogP contribution < -0.4 is 4.74 Å². The second kappa shape index (κ2) is 5.62. The van der Waals surface area contributed by atoms with Gasteiger partial charge in [-0.25, -0.2) is 0 Å². The van der Waals surface area contributed by atoms with Crippen molar-refractivity contribution in [2.75, 3.05) is 7.11 Å². The van der Waals surface area contributed by atoms with Crippen LogP contribution in [0.3, 0.4) is 0 Å². The summed E-state index contributed by atoms with van der Waals surface area (Å²) in [5, 5.41) is 1.71. The zero-order valence-corrected chi connectivity index (χ0v) is 12.3. The van der Waals surface area contributed by atoms with Gasteiger partial charge in [0.15, 0.2) is 6.29 Å². The molecule has 0 saturated carbocycles. The van der Waals surface area contributed by atoms with Gasteiger partial charge in [0.2, 0.25) is 0 Å². The molecule has 0 saturated heterocycles. The van der Waals surface area contributed by atoms with E-state index in [1.54, 1.807) is 13.2 Å². The van der Waals surface area contributed by atoms with Gasteiger partial charge in [-0.3, -0.25) is 4.79 Å². The van der Waals surface area contributed by atoms with Crippen LogP contribution in [0.4, 0.5) is 0 Å². The number of rotatable bonds is 4. The summed E-state index contributed by atoms with van der Waals surface area (Å²) < 4.78 is 7.41. The lowest BCUT2D eigenvalue weighted by molar-refractivity contribution is 0.112. The smallest absolute Gasteiger partial charge is 0.152 e. The average Bonchev–Trinajstić information content (AvgIpc) is 2.91. The van der Waals surface area contributed by atoms with Gasteiger partial charge in [0.25, 0.3) is 0 Å². The Bertz CT molecular complexity index is 808. The monoisotopic (exact) mass is 299 g/mol. The van der Waals surface area contributed by atoms with Gasteiger partial charge in [-0.15, -0.1) is 0 Å². The van der Waals surface area contributed by atoms with Crippen LogP contribution in [0.15, 0.2) is 48.7 Å². The predicted octanol–water partition coefficient (Wildman–Crippen LogP) is 4.16. The maximum atomic E-state index is 11.2. The van der Waals surface area contributed by atoms with E-state index in [2.05, 4.69) is 0 Å². The van der Waals surface area contributed by atoms with Crippen LogP contribution in [0, 0.1) is 0 Å². The number of fused-ring (bicyclic) bond motifs is 1. The number of carbonyl (C=O) groups is 1. The van der Waals surface area contributed by atoms with Crippen LogP contribution in [0.1, 0.15) is 15.9 Å². The molecule has 2 aromatic carbocycles. The Labute approximate surface area is 127 Å². The third-order valence-electron chi connectivity index (χ3n) is 3.53. The fraction of sp³-hybridized carbons (Fsp3) is 0.118. The maximum Gasteiger partial charge on any atom is 0.152 e. The van der Waals surface area contributed by atoms with Crippen molar-refractivity contribution in [3.8, 4) is 5.75 Å². The number of ether oxygens (including phenoxy) is 1. The van der Waals surface area contributed by atoms with Crippen molar-refractivity contribution >= 4 is 28.8 Å². The van der Waals surface area contributed by atoms with Gasteiger partial charge in [0.1, 0.15) is 5.75 Å². The summed E-state index contributed by atoms with van der Waals surface area (Å²) in [6.45, 7) is 0.595. The topological polar surface area (TPSA) is 31.2 Å². The van der Waals surface area contributed by atoms with Crippen LogP contribution in [0.25, 0.3) is 10.9 Å². The Morgan fingerprint density at radius 3 is 2.86 bits per heavy atom. The molecule has 3 rings (SSSR count). The number of aromatic nitrogens is 1. The van der Waals surface area contributed by atoms with E-state index >= 15 is 0 Å². The highest BCUT2D eigenvalue weighted by Gasteiger charge is 2.09. The number of benzene rings is 2. The van der Waals surface area contributed by atoms with Crippen molar-refractivity contribution in [1.82, 2.24) is 4.57 Å². The maximum absolute atomic E-state index is 11.2. The molecule has 4 heteroatoms. The van der Waals surface area contributed by atoms with Crippen LogP contribution in [-0.2, 0) is 6.54 Å². The van der Waals surface area contributed by atoms with Gasteiger partial charge >= 0.3 is 0 Å². The lowest BCUT2D eigenvalue weighted by Gasteiger charge is -2.11. The van der Waals surface area contributed by atoms with E-state index in [0.29, 0.717) is 17.1 Å². The molecule has 1 heterocycles. The number of halogens is 1. The largest absolute Gasteiger partial charge is 0.496 e. The molecule has 0 N–H and O–H groups in total. The van der Waals surface area contributed by atoms with Crippen LogP contribution in [0.5, 0.6) is 5.75 Å². The zero-order valence-electron chi connectivity index (χ0n) is 11.5. The third kappa shape index (κ3) is 2.52. The van der Waals surface area contributed by atoms with E-state index in [0.717, 1.165) is 28.5 Å². The third-order valence-corrected chi connectivity index (χ3v) is 3.76. The molecular formula is C17H14ClNO2. The van der Waals surface area contributed by atoms with Crippen LogP contribution >= 0.6 is 11.6 Å². The fourth-order valence-electron chi connectivity index (χ4n) is 2.57. The Balaban J connectivity index is 2.10. The van der Waals surface area contributed by atoms with Gasteiger partial charge in [0, 0.05) is 27.7 Å². The predicted molar refractivity (Wildman–Crippen MR) is 84.4 cm³/mol. The first-order valence-electron chi connectivity index (χ1n) is 6.58. The summed E-state index contributed by atoms with van der Waals surface area (Å²) in [4.78, 5) is 11.2. The molecule has 1 aromatic heterocycles. The second-order valence-corrected chi connectivity index (χ2v) is 5.24. The van der Waals surface area contributed by atoms with E-state index in [1.165, 1.54) is 0 Å². The van der Waals surface area contributed by atoms with Crippen molar-refractivity contribution < 1.29 is 9.53 Å². The molecule has 0 radical (unpaired) electrons. The highest BCUT2D eigenvalue weighted by atomic mass is 35.5. The van der Waals surface area contributed by atoms with Crippen molar-refractivity contribution in [1.29, 1.82) is 0 Å². The van der Waals surface area contributed by atoms with Crippen molar-refractivity contribution in [2.45, 2.75) is 6.54 Å². The van der Waals surface area contributed by atoms with Gasteiger partial charge in [-0.1, -0.05) is 23.7 Å². The van der Waals surface area contributed by atoms with Gasteiger partial charge < -0.3 is 9.30 Å². The van der Waals surface area contributed by atoms with Crippen molar-refractivity contribution in [3.05, 3.63) is 64.8 Å². The summed E-state index contributed by atoms with van der Waals surface area (Å²) >= 11 is 6.07. The zero-order chi connectivity index (χ0) is 14.8. The summed E-state index contributed by atoms with van der Waals surface area (Å²) in [5.41, 5.74) is 2.58. The second-order valence-electron chi connectivity index (χ2n) is 4.80. The van der Waals surface area contributed by atoms with E-state index in [-0.39, 0.29) is 0 Å². The molecule has 3 nitrogen and oxygen atoms in total. The van der Waals surface area contributed by atoms with E-state index < -0.39 is 0 Å². The first-order valence-corrected chi connectivity index (χ1v) is 6.96. The summed E-state index contributed by atoms with van der Waals surface area (Å²) in [6.07, 6.45) is 2.85. The van der Waals surface area contributed by atoms with E-state index in [4.69, 9.17) is 16.3 Å². The number of methoxy groups -OCH3 is 1. The van der Waals surface area contributed by atoms with Crippen molar-refractivity contribution in [3.63, 3.8) is 0 Å². The lowest BCUT2D eigenvalue weighted by Crippen LogP contribution is -2.02. The normalized spacial score (nSPS) is 10.8. The molecule has 0 spiro atoms. The first kappa shape index (κ1) is 13.7. The minimum atomic E-state index is 0.595. The number of hydrogen-bond donors (Lipinski definition) is 0. The number of para-hydroxylation sites is 1. The standard InChI is InChI=1S/C17H14ClNO2/c1-21-16-6-5-15(18)9-14(16)10-19-8-7-12-3-2-4-13(11-20)17(12)19/h2-9,11H,10H2,1H3. The molecular weight excluding hydrogens is 286 g/mol. The molecule has 3 aromatic rings. The Morgan fingerprint density at radius 2 is 2.10 bits per heavy atom. The van der Waals surface area contributed by atoms with E-state index in [1.807, 2.05) is 47.2 Å². The first-order chi connectivity index (χ1) is 10.2. The molecule has 0 bridgehead atoms. The quantitative estimate of drug-likeness (QED) is 0.677. The van der Waals surface area contributed by atoms with Gasteiger partial charge in [-0.2, -0.15) is 0 Å². The highest BCUT2D eigenvalue weighted by Crippen LogP contribution is 2.26. The van der Waals surface area contributed by atoms with Gasteiger partial charge in [0.05, 0.1) is 19.2 Å².